The van der Waals surface area contributed by atoms with E-state index in [0.29, 0.717) is 11.5 Å². The molecule has 0 bridgehead atoms. The number of halogens is 2. The van der Waals surface area contributed by atoms with Crippen LogP contribution in [0.25, 0.3) is 0 Å². The average molecular weight is 394 g/mol. The second kappa shape index (κ2) is 8.42. The molecule has 1 aliphatic rings. The molecule has 1 atom stereocenters. The molecule has 1 aliphatic heterocycles. The van der Waals surface area contributed by atoms with Crippen molar-refractivity contribution >= 4 is 11.8 Å². The lowest BCUT2D eigenvalue weighted by atomic mass is 10.2. The van der Waals surface area contributed by atoms with Gasteiger partial charge in [-0.05, 0) is 30.3 Å². The van der Waals surface area contributed by atoms with Gasteiger partial charge in [-0.25, -0.2) is 0 Å². The average Bonchev–Trinajstić information content (AvgIpc) is 2.71. The maximum atomic E-state index is 12.3. The number of rotatable bonds is 5. The van der Waals surface area contributed by atoms with Gasteiger partial charge in [-0.3, -0.25) is 20.4 Å². The summed E-state index contributed by atoms with van der Waals surface area (Å²) in [5.74, 6) is -0.641. The van der Waals surface area contributed by atoms with Crippen molar-refractivity contribution < 1.29 is 37.3 Å². The van der Waals surface area contributed by atoms with Crippen LogP contribution in [-0.2, 0) is 4.79 Å². The molecule has 2 N–H and O–H groups in total. The van der Waals surface area contributed by atoms with Crippen molar-refractivity contribution in [2.75, 3.05) is 13.7 Å². The van der Waals surface area contributed by atoms with Crippen molar-refractivity contribution in [1.82, 2.24) is 10.9 Å². The highest BCUT2D eigenvalue weighted by Crippen LogP contribution is 2.31. The Morgan fingerprint density at radius 2 is 1.86 bits per heavy atom. The number of benzene rings is 2. The zero-order valence-corrected chi connectivity index (χ0v) is 14.6. The van der Waals surface area contributed by atoms with Gasteiger partial charge in [0.15, 0.2) is 23.0 Å². The van der Waals surface area contributed by atoms with Gasteiger partial charge in [-0.2, -0.15) is 8.78 Å². The lowest BCUT2D eigenvalue weighted by Crippen LogP contribution is -2.50. The van der Waals surface area contributed by atoms with Gasteiger partial charge in [0.05, 0.1) is 7.11 Å². The predicted molar refractivity (Wildman–Crippen MR) is 91.6 cm³/mol. The lowest BCUT2D eigenvalue weighted by Gasteiger charge is -2.25. The Kier molecular flexibility index (Phi) is 5.78. The van der Waals surface area contributed by atoms with E-state index in [-0.39, 0.29) is 23.7 Å². The number of carbonyl (C=O) groups excluding carboxylic acids is 2. The third-order valence-corrected chi connectivity index (χ3v) is 3.74. The number of amides is 2. The zero-order chi connectivity index (χ0) is 20.1. The number of fused-ring (bicyclic) bond motifs is 1. The van der Waals surface area contributed by atoms with E-state index in [9.17, 15) is 18.4 Å². The predicted octanol–water partition coefficient (Wildman–Crippen LogP) is 1.90. The van der Waals surface area contributed by atoms with Gasteiger partial charge in [0.25, 0.3) is 11.8 Å². The van der Waals surface area contributed by atoms with Crippen molar-refractivity contribution in [1.29, 1.82) is 0 Å². The SMILES string of the molecule is COc1cc(C(=O)NNC(=O)[C@@H]2COc3ccccc3O2)ccc1OC(F)F. The highest BCUT2D eigenvalue weighted by Gasteiger charge is 2.27. The number of alkyl halides is 2. The van der Waals surface area contributed by atoms with Crippen molar-refractivity contribution in [3.8, 4) is 23.0 Å². The summed E-state index contributed by atoms with van der Waals surface area (Å²) in [5, 5.41) is 0. The summed E-state index contributed by atoms with van der Waals surface area (Å²) >= 11 is 0. The fourth-order valence-electron chi connectivity index (χ4n) is 2.42. The number of hydrogen-bond donors (Lipinski definition) is 2. The highest BCUT2D eigenvalue weighted by molar-refractivity contribution is 5.96. The molecule has 3 rings (SSSR count). The Balaban J connectivity index is 1.59. The van der Waals surface area contributed by atoms with Crippen LogP contribution >= 0.6 is 0 Å². The molecule has 0 aromatic heterocycles. The summed E-state index contributed by atoms with van der Waals surface area (Å²) in [6.07, 6.45) is -0.952. The maximum absolute atomic E-state index is 12.3. The monoisotopic (exact) mass is 394 g/mol. The topological polar surface area (TPSA) is 95.1 Å². The molecule has 0 aliphatic carbocycles. The van der Waals surface area contributed by atoms with Crippen molar-refractivity contribution in [2.45, 2.75) is 12.7 Å². The fraction of sp³-hybridized carbons (Fsp3) is 0.222. The number of hydrazine groups is 1. The largest absolute Gasteiger partial charge is 0.493 e. The summed E-state index contributed by atoms with van der Waals surface area (Å²) in [6.45, 7) is -3.05. The van der Waals surface area contributed by atoms with Crippen molar-refractivity contribution in [3.05, 3.63) is 48.0 Å². The van der Waals surface area contributed by atoms with Gasteiger partial charge in [-0.1, -0.05) is 12.1 Å². The maximum Gasteiger partial charge on any atom is 0.387 e. The van der Waals surface area contributed by atoms with E-state index in [4.69, 9.17) is 14.2 Å². The summed E-state index contributed by atoms with van der Waals surface area (Å²) in [5.41, 5.74) is 4.50. The molecule has 0 fully saturated rings. The molecule has 1 heterocycles. The molecule has 10 heteroatoms. The minimum atomic E-state index is -3.03. The lowest BCUT2D eigenvalue weighted by molar-refractivity contribution is -0.131. The standard InChI is InChI=1S/C18H16F2N2O6/c1-25-14-8-10(6-7-13(14)28-18(19)20)16(23)21-22-17(24)15-9-26-11-4-2-3-5-12(11)27-15/h2-8,15,18H,9H2,1H3,(H,21,23)(H,22,24)/t15-/m0/s1. The van der Waals surface area contributed by atoms with E-state index in [1.807, 2.05) is 0 Å². The van der Waals surface area contributed by atoms with Crippen LogP contribution in [0.3, 0.4) is 0 Å². The molecule has 0 radical (unpaired) electrons. The Labute approximate surface area is 158 Å². The van der Waals surface area contributed by atoms with E-state index in [0.717, 1.165) is 6.07 Å². The van der Waals surface area contributed by atoms with E-state index < -0.39 is 24.5 Å². The third-order valence-electron chi connectivity index (χ3n) is 3.74. The molecule has 0 unspecified atom stereocenters. The fourth-order valence-corrected chi connectivity index (χ4v) is 2.42. The minimum absolute atomic E-state index is 0.0216. The molecular formula is C18H16F2N2O6. The quantitative estimate of drug-likeness (QED) is 0.753. The van der Waals surface area contributed by atoms with Crippen LogP contribution < -0.4 is 29.8 Å². The Bertz CT molecular complexity index is 877. The van der Waals surface area contributed by atoms with E-state index in [2.05, 4.69) is 15.6 Å². The van der Waals surface area contributed by atoms with Crippen molar-refractivity contribution in [2.24, 2.45) is 0 Å². The number of nitrogens with one attached hydrogen (secondary N) is 2. The van der Waals surface area contributed by atoms with Crippen LogP contribution in [0.4, 0.5) is 8.78 Å². The van der Waals surface area contributed by atoms with Gasteiger partial charge < -0.3 is 18.9 Å². The van der Waals surface area contributed by atoms with Crippen LogP contribution in [0.5, 0.6) is 23.0 Å². The molecule has 0 spiro atoms. The van der Waals surface area contributed by atoms with Crippen LogP contribution in [0, 0.1) is 0 Å². The summed E-state index contributed by atoms with van der Waals surface area (Å²) in [4.78, 5) is 24.4. The van der Waals surface area contributed by atoms with Crippen LogP contribution in [-0.4, -0.2) is 38.2 Å². The smallest absolute Gasteiger partial charge is 0.387 e. The molecule has 0 saturated heterocycles. The van der Waals surface area contributed by atoms with Gasteiger partial charge in [-0.15, -0.1) is 0 Å². The number of hydrogen-bond acceptors (Lipinski definition) is 6. The summed E-state index contributed by atoms with van der Waals surface area (Å²) in [6, 6.07) is 10.5. The first-order chi connectivity index (χ1) is 13.5. The number of ether oxygens (including phenoxy) is 4. The van der Waals surface area contributed by atoms with Gasteiger partial charge in [0, 0.05) is 5.56 Å². The normalized spacial score (nSPS) is 14.9. The first-order valence-electron chi connectivity index (χ1n) is 8.09. The Hall–Kier alpha value is -3.56. The van der Waals surface area contributed by atoms with Crippen LogP contribution in [0.15, 0.2) is 42.5 Å². The highest BCUT2D eigenvalue weighted by atomic mass is 19.3. The molecular weight excluding hydrogens is 378 g/mol. The second-order valence-electron chi connectivity index (χ2n) is 5.55. The number of para-hydroxylation sites is 2. The second-order valence-corrected chi connectivity index (χ2v) is 5.55. The van der Waals surface area contributed by atoms with Crippen LogP contribution in [0.2, 0.25) is 0 Å². The van der Waals surface area contributed by atoms with Crippen molar-refractivity contribution in [3.63, 3.8) is 0 Å². The van der Waals surface area contributed by atoms with E-state index in [1.54, 1.807) is 24.3 Å². The molecule has 148 valence electrons. The summed E-state index contributed by atoms with van der Waals surface area (Å²) < 4.78 is 44.9. The Morgan fingerprint density at radius 1 is 1.11 bits per heavy atom. The first kappa shape index (κ1) is 19.2. The zero-order valence-electron chi connectivity index (χ0n) is 14.6. The third kappa shape index (κ3) is 4.40. The molecule has 2 aromatic carbocycles. The molecule has 8 nitrogen and oxygen atoms in total. The molecule has 0 saturated carbocycles. The number of methoxy groups -OCH3 is 1. The Morgan fingerprint density at radius 3 is 2.57 bits per heavy atom. The first-order valence-corrected chi connectivity index (χ1v) is 8.09. The summed E-state index contributed by atoms with van der Waals surface area (Å²) in [7, 11) is 1.25. The van der Waals surface area contributed by atoms with E-state index >= 15 is 0 Å². The number of carbonyl (C=O) groups is 2. The molecule has 28 heavy (non-hydrogen) atoms. The molecule has 2 amide bonds. The van der Waals surface area contributed by atoms with Gasteiger partial charge in [0.1, 0.15) is 6.61 Å². The van der Waals surface area contributed by atoms with Crippen LogP contribution in [0.1, 0.15) is 10.4 Å². The van der Waals surface area contributed by atoms with Gasteiger partial charge in [0.2, 0.25) is 6.10 Å². The van der Waals surface area contributed by atoms with E-state index in [1.165, 1.54) is 19.2 Å². The minimum Gasteiger partial charge on any atom is -0.493 e. The van der Waals surface area contributed by atoms with Gasteiger partial charge >= 0.3 is 6.61 Å². The molecule has 2 aromatic rings.